The summed E-state index contributed by atoms with van der Waals surface area (Å²) in [4.78, 5) is 1.34. The third-order valence-corrected chi connectivity index (χ3v) is 3.24. The molecule has 1 rings (SSSR count). The zero-order chi connectivity index (χ0) is 10.9. The molecule has 0 fully saturated rings. The van der Waals surface area contributed by atoms with Crippen LogP contribution in [0.2, 0.25) is 0 Å². The van der Waals surface area contributed by atoms with Crippen LogP contribution >= 0.6 is 23.4 Å². The van der Waals surface area contributed by atoms with Crippen molar-refractivity contribution in [2.45, 2.75) is 23.6 Å². The highest BCUT2D eigenvalue weighted by molar-refractivity contribution is 7.99. The Kier molecular flexibility index (Phi) is 6.90. The molecule has 0 saturated carbocycles. The minimum atomic E-state index is 0.277. The molecule has 0 aliphatic heterocycles. The zero-order valence-corrected chi connectivity index (χ0v) is 10.7. The maximum atomic E-state index is 5.84. The van der Waals surface area contributed by atoms with Crippen LogP contribution < -0.4 is 5.32 Å². The number of benzene rings is 1. The number of halogens is 1. The van der Waals surface area contributed by atoms with E-state index in [0.717, 1.165) is 25.3 Å². The lowest BCUT2D eigenvalue weighted by Crippen LogP contribution is -2.20. The molecule has 1 nitrogen and oxygen atoms in total. The van der Waals surface area contributed by atoms with Gasteiger partial charge in [0, 0.05) is 22.6 Å². The van der Waals surface area contributed by atoms with Gasteiger partial charge in [-0.15, -0.1) is 23.4 Å². The second-order valence-electron chi connectivity index (χ2n) is 3.48. The summed E-state index contributed by atoms with van der Waals surface area (Å²) in [5.74, 6) is 1.11. The Morgan fingerprint density at radius 1 is 1.27 bits per heavy atom. The zero-order valence-electron chi connectivity index (χ0n) is 9.08. The molecule has 0 saturated heterocycles. The van der Waals surface area contributed by atoms with Crippen molar-refractivity contribution in [2.75, 3.05) is 18.8 Å². The fourth-order valence-corrected chi connectivity index (χ4v) is 2.12. The van der Waals surface area contributed by atoms with E-state index in [1.165, 1.54) is 4.90 Å². The second kappa shape index (κ2) is 8.03. The molecule has 1 unspecified atom stereocenters. The highest BCUT2D eigenvalue weighted by Crippen LogP contribution is 2.15. The van der Waals surface area contributed by atoms with Crippen molar-refractivity contribution in [3.8, 4) is 0 Å². The molecule has 1 aromatic carbocycles. The summed E-state index contributed by atoms with van der Waals surface area (Å²) in [7, 11) is 0. The van der Waals surface area contributed by atoms with E-state index < -0.39 is 0 Å². The number of nitrogens with one attached hydrogen (secondary N) is 1. The van der Waals surface area contributed by atoms with Crippen molar-refractivity contribution < 1.29 is 0 Å². The van der Waals surface area contributed by atoms with Gasteiger partial charge in [0.2, 0.25) is 0 Å². The highest BCUT2D eigenvalue weighted by Gasteiger charge is 1.95. The van der Waals surface area contributed by atoms with Crippen molar-refractivity contribution in [1.29, 1.82) is 0 Å². The van der Waals surface area contributed by atoms with Crippen LogP contribution in [0, 0.1) is 0 Å². The molecule has 0 radical (unpaired) electrons. The molecule has 3 heteroatoms. The first-order chi connectivity index (χ1) is 7.29. The van der Waals surface area contributed by atoms with Crippen LogP contribution in [-0.2, 0) is 0 Å². The van der Waals surface area contributed by atoms with Gasteiger partial charge in [-0.05, 0) is 32.0 Å². The first kappa shape index (κ1) is 12.9. The van der Waals surface area contributed by atoms with E-state index in [1.807, 2.05) is 24.8 Å². The van der Waals surface area contributed by atoms with Crippen LogP contribution in [0.15, 0.2) is 35.2 Å². The minimum Gasteiger partial charge on any atom is -0.316 e. The van der Waals surface area contributed by atoms with Gasteiger partial charge in [-0.25, -0.2) is 0 Å². The van der Waals surface area contributed by atoms with Gasteiger partial charge in [-0.1, -0.05) is 18.2 Å². The van der Waals surface area contributed by atoms with Crippen LogP contribution in [0.5, 0.6) is 0 Å². The van der Waals surface area contributed by atoms with E-state index >= 15 is 0 Å². The summed E-state index contributed by atoms with van der Waals surface area (Å²) < 4.78 is 0. The summed E-state index contributed by atoms with van der Waals surface area (Å²) in [5, 5.41) is 3.66. The first-order valence-corrected chi connectivity index (χ1v) is 6.74. The molecule has 84 valence electrons. The smallest absolute Gasteiger partial charge is 0.0319 e. The minimum absolute atomic E-state index is 0.277. The lowest BCUT2D eigenvalue weighted by molar-refractivity contribution is 0.670. The van der Waals surface area contributed by atoms with Crippen LogP contribution in [0.25, 0.3) is 0 Å². The molecule has 0 amide bonds. The standard InChI is InChI=1S/C12H18ClNS/c1-11(13)7-8-14-9-10-15-12-5-3-2-4-6-12/h2-6,11,14H,7-10H2,1H3. The molecule has 1 N–H and O–H groups in total. The van der Waals surface area contributed by atoms with Crippen molar-refractivity contribution in [2.24, 2.45) is 0 Å². The van der Waals surface area contributed by atoms with E-state index in [9.17, 15) is 0 Å². The molecule has 0 aliphatic carbocycles. The Morgan fingerprint density at radius 2 is 2.00 bits per heavy atom. The van der Waals surface area contributed by atoms with Gasteiger partial charge in [0.1, 0.15) is 0 Å². The Labute approximate surface area is 102 Å². The monoisotopic (exact) mass is 243 g/mol. The Morgan fingerprint density at radius 3 is 2.67 bits per heavy atom. The lowest BCUT2D eigenvalue weighted by atomic mass is 10.3. The number of alkyl halides is 1. The van der Waals surface area contributed by atoms with Gasteiger partial charge in [0.15, 0.2) is 0 Å². The van der Waals surface area contributed by atoms with Crippen molar-refractivity contribution >= 4 is 23.4 Å². The summed E-state index contributed by atoms with van der Waals surface area (Å²) >= 11 is 7.73. The predicted octanol–water partition coefficient (Wildman–Crippen LogP) is 3.39. The number of thioether (sulfide) groups is 1. The van der Waals surface area contributed by atoms with E-state index in [0.29, 0.717) is 0 Å². The molecule has 1 aromatic rings. The number of hydrogen-bond acceptors (Lipinski definition) is 2. The lowest BCUT2D eigenvalue weighted by Gasteiger charge is -2.05. The Bertz CT molecular complexity index is 251. The van der Waals surface area contributed by atoms with Crippen molar-refractivity contribution in [3.63, 3.8) is 0 Å². The van der Waals surface area contributed by atoms with E-state index in [-0.39, 0.29) is 5.38 Å². The highest BCUT2D eigenvalue weighted by atomic mass is 35.5. The molecular weight excluding hydrogens is 226 g/mol. The van der Waals surface area contributed by atoms with Gasteiger partial charge in [0.25, 0.3) is 0 Å². The number of hydrogen-bond donors (Lipinski definition) is 1. The molecule has 0 aromatic heterocycles. The molecular formula is C12H18ClNS. The van der Waals surface area contributed by atoms with E-state index in [4.69, 9.17) is 11.6 Å². The van der Waals surface area contributed by atoms with Gasteiger partial charge in [-0.2, -0.15) is 0 Å². The third-order valence-electron chi connectivity index (χ3n) is 2.01. The topological polar surface area (TPSA) is 12.0 Å². The average molecular weight is 244 g/mol. The summed E-state index contributed by atoms with van der Waals surface area (Å²) in [6.07, 6.45) is 1.04. The fraction of sp³-hybridized carbons (Fsp3) is 0.500. The van der Waals surface area contributed by atoms with Crippen LogP contribution in [-0.4, -0.2) is 24.2 Å². The summed E-state index contributed by atoms with van der Waals surface area (Å²) in [5.41, 5.74) is 0. The predicted molar refractivity (Wildman–Crippen MR) is 70.0 cm³/mol. The molecule has 0 heterocycles. The first-order valence-electron chi connectivity index (χ1n) is 5.31. The summed E-state index contributed by atoms with van der Waals surface area (Å²) in [6, 6.07) is 10.5. The third kappa shape index (κ3) is 6.82. The van der Waals surface area contributed by atoms with Crippen LogP contribution in [0.4, 0.5) is 0 Å². The molecule has 0 aliphatic rings. The Hall–Kier alpha value is -0.180. The van der Waals surface area contributed by atoms with Gasteiger partial charge < -0.3 is 5.32 Å². The normalized spacial score (nSPS) is 12.7. The van der Waals surface area contributed by atoms with Gasteiger partial charge in [0.05, 0.1) is 0 Å². The molecule has 1 atom stereocenters. The SMILES string of the molecule is CC(Cl)CCNCCSc1ccccc1. The summed E-state index contributed by atoms with van der Waals surface area (Å²) in [6.45, 7) is 4.09. The fourth-order valence-electron chi connectivity index (χ4n) is 1.18. The average Bonchev–Trinajstić information content (AvgIpc) is 2.24. The van der Waals surface area contributed by atoms with Crippen LogP contribution in [0.3, 0.4) is 0 Å². The molecule has 0 spiro atoms. The second-order valence-corrected chi connectivity index (χ2v) is 5.39. The van der Waals surface area contributed by atoms with Crippen molar-refractivity contribution in [1.82, 2.24) is 5.32 Å². The van der Waals surface area contributed by atoms with E-state index in [2.05, 4.69) is 29.6 Å². The molecule has 0 bridgehead atoms. The van der Waals surface area contributed by atoms with E-state index in [1.54, 1.807) is 0 Å². The van der Waals surface area contributed by atoms with Gasteiger partial charge >= 0.3 is 0 Å². The maximum Gasteiger partial charge on any atom is 0.0319 e. The maximum absolute atomic E-state index is 5.84. The van der Waals surface area contributed by atoms with Crippen molar-refractivity contribution in [3.05, 3.63) is 30.3 Å². The largest absolute Gasteiger partial charge is 0.316 e. The molecule has 15 heavy (non-hydrogen) atoms. The van der Waals surface area contributed by atoms with Gasteiger partial charge in [-0.3, -0.25) is 0 Å². The Balaban J connectivity index is 1.98. The quantitative estimate of drug-likeness (QED) is 0.448. The van der Waals surface area contributed by atoms with Crippen LogP contribution in [0.1, 0.15) is 13.3 Å². The number of rotatable bonds is 7.